The molecule has 0 heterocycles. The van der Waals surface area contributed by atoms with Crippen molar-refractivity contribution in [3.63, 3.8) is 0 Å². The maximum absolute atomic E-state index is 12.0. The molecule has 1 saturated carbocycles. The van der Waals surface area contributed by atoms with Gasteiger partial charge in [-0.15, -0.1) is 0 Å². The summed E-state index contributed by atoms with van der Waals surface area (Å²) in [6.07, 6.45) is 4.48. The Morgan fingerprint density at radius 3 is 2.28 bits per heavy atom. The Morgan fingerprint density at radius 2 is 1.83 bits per heavy atom. The number of rotatable bonds is 5. The van der Waals surface area contributed by atoms with Crippen molar-refractivity contribution in [3.05, 3.63) is 0 Å². The Bertz CT molecular complexity index is 309. The quantitative estimate of drug-likeness (QED) is 0.690. The zero-order valence-electron chi connectivity index (χ0n) is 11.2. The van der Waals surface area contributed by atoms with Gasteiger partial charge in [0.15, 0.2) is 0 Å². The van der Waals surface area contributed by atoms with Crippen LogP contribution >= 0.6 is 0 Å². The highest BCUT2D eigenvalue weighted by Gasteiger charge is 2.37. The van der Waals surface area contributed by atoms with Crippen LogP contribution in [0.15, 0.2) is 0 Å². The minimum Gasteiger partial charge on any atom is -0.481 e. The summed E-state index contributed by atoms with van der Waals surface area (Å²) in [6, 6.07) is -0.572. The van der Waals surface area contributed by atoms with Crippen LogP contribution < -0.4 is 11.1 Å². The number of carbonyl (C=O) groups is 2. The molecule has 0 aliphatic heterocycles. The predicted octanol–water partition coefficient (Wildman–Crippen LogP) is 1.26. The molecule has 18 heavy (non-hydrogen) atoms. The number of carboxylic acids is 1. The zero-order valence-corrected chi connectivity index (χ0v) is 11.2. The van der Waals surface area contributed by atoms with Gasteiger partial charge in [0.05, 0.1) is 18.0 Å². The molecule has 104 valence electrons. The predicted molar refractivity (Wildman–Crippen MR) is 69.0 cm³/mol. The Labute approximate surface area is 108 Å². The lowest BCUT2D eigenvalue weighted by Gasteiger charge is -2.38. The maximum Gasteiger partial charge on any atom is 0.305 e. The highest BCUT2D eigenvalue weighted by atomic mass is 16.4. The number of nitrogens with two attached hydrogens (primary N) is 1. The second-order valence-electron chi connectivity index (χ2n) is 5.67. The fraction of sp³-hybridized carbons (Fsp3) is 0.846. The van der Waals surface area contributed by atoms with Gasteiger partial charge in [-0.2, -0.15) is 0 Å². The van der Waals surface area contributed by atoms with Crippen molar-refractivity contribution in [3.8, 4) is 0 Å². The van der Waals surface area contributed by atoms with Crippen molar-refractivity contribution < 1.29 is 14.7 Å². The highest BCUT2D eigenvalue weighted by molar-refractivity contribution is 5.83. The van der Waals surface area contributed by atoms with E-state index in [-0.39, 0.29) is 18.2 Å². The SMILES string of the molecule is CC(C)C(N)C(=O)NC1(CC(=O)O)CCCCC1. The van der Waals surface area contributed by atoms with E-state index in [0.29, 0.717) is 0 Å². The van der Waals surface area contributed by atoms with Crippen molar-refractivity contribution in [1.29, 1.82) is 0 Å². The summed E-state index contributed by atoms with van der Waals surface area (Å²) in [5.74, 6) is -1.04. The molecule has 1 unspecified atom stereocenters. The van der Waals surface area contributed by atoms with Crippen molar-refractivity contribution in [2.24, 2.45) is 11.7 Å². The summed E-state index contributed by atoms with van der Waals surface area (Å²) in [4.78, 5) is 23.0. The lowest BCUT2D eigenvalue weighted by atomic mass is 9.79. The standard InChI is InChI=1S/C13H24N2O3/c1-9(2)11(14)12(18)15-13(8-10(16)17)6-4-3-5-7-13/h9,11H,3-8,14H2,1-2H3,(H,15,18)(H,16,17). The monoisotopic (exact) mass is 256 g/mol. The molecule has 0 aromatic rings. The van der Waals surface area contributed by atoms with E-state index in [4.69, 9.17) is 10.8 Å². The number of carbonyl (C=O) groups excluding carboxylic acids is 1. The molecule has 1 rings (SSSR count). The Kier molecular flexibility index (Phi) is 5.14. The fourth-order valence-corrected chi connectivity index (χ4v) is 2.51. The first kappa shape index (κ1) is 15.0. The van der Waals surface area contributed by atoms with Crippen LogP contribution in [0.1, 0.15) is 52.4 Å². The van der Waals surface area contributed by atoms with Crippen molar-refractivity contribution in [2.45, 2.75) is 64.0 Å². The molecule has 1 atom stereocenters. The van der Waals surface area contributed by atoms with Gasteiger partial charge in [-0.1, -0.05) is 33.1 Å². The van der Waals surface area contributed by atoms with Gasteiger partial charge in [-0.3, -0.25) is 9.59 Å². The number of aliphatic carboxylic acids is 1. The van der Waals surface area contributed by atoms with Crippen LogP contribution in [0, 0.1) is 5.92 Å². The highest BCUT2D eigenvalue weighted by Crippen LogP contribution is 2.31. The normalized spacial score (nSPS) is 20.4. The average molecular weight is 256 g/mol. The zero-order chi connectivity index (χ0) is 13.8. The number of nitrogens with one attached hydrogen (secondary N) is 1. The van der Waals surface area contributed by atoms with E-state index in [0.717, 1.165) is 32.1 Å². The van der Waals surface area contributed by atoms with E-state index in [1.54, 1.807) is 0 Å². The van der Waals surface area contributed by atoms with E-state index in [9.17, 15) is 9.59 Å². The lowest BCUT2D eigenvalue weighted by molar-refractivity contribution is -0.139. The van der Waals surface area contributed by atoms with Gasteiger partial charge in [0.25, 0.3) is 0 Å². The number of carboxylic acid groups (broad SMARTS) is 1. The molecule has 1 aliphatic carbocycles. The fourth-order valence-electron chi connectivity index (χ4n) is 2.51. The van der Waals surface area contributed by atoms with Gasteiger partial charge in [-0.05, 0) is 18.8 Å². The van der Waals surface area contributed by atoms with Crippen LogP contribution in [0.3, 0.4) is 0 Å². The van der Waals surface area contributed by atoms with Crippen molar-refractivity contribution in [2.75, 3.05) is 0 Å². The molecule has 5 nitrogen and oxygen atoms in total. The minimum absolute atomic E-state index is 0.0104. The van der Waals surface area contributed by atoms with Gasteiger partial charge < -0.3 is 16.2 Å². The molecule has 0 radical (unpaired) electrons. The van der Waals surface area contributed by atoms with Crippen LogP contribution in [0.4, 0.5) is 0 Å². The van der Waals surface area contributed by atoms with E-state index < -0.39 is 17.6 Å². The van der Waals surface area contributed by atoms with Crippen LogP contribution in [-0.2, 0) is 9.59 Å². The van der Waals surface area contributed by atoms with Crippen LogP contribution in [0.25, 0.3) is 0 Å². The molecule has 0 bridgehead atoms. The summed E-state index contributed by atoms with van der Waals surface area (Å²) < 4.78 is 0. The molecule has 4 N–H and O–H groups in total. The van der Waals surface area contributed by atoms with Crippen molar-refractivity contribution in [1.82, 2.24) is 5.32 Å². The van der Waals surface area contributed by atoms with Crippen LogP contribution in [0.5, 0.6) is 0 Å². The molecule has 1 fully saturated rings. The number of hydrogen-bond donors (Lipinski definition) is 3. The molecule has 0 spiro atoms. The van der Waals surface area contributed by atoms with Crippen LogP contribution in [0.2, 0.25) is 0 Å². The smallest absolute Gasteiger partial charge is 0.305 e. The third kappa shape index (κ3) is 3.98. The van der Waals surface area contributed by atoms with Gasteiger partial charge in [0.1, 0.15) is 0 Å². The van der Waals surface area contributed by atoms with Gasteiger partial charge in [-0.25, -0.2) is 0 Å². The van der Waals surface area contributed by atoms with Gasteiger partial charge >= 0.3 is 5.97 Å². The second kappa shape index (κ2) is 6.18. The summed E-state index contributed by atoms with van der Waals surface area (Å²) in [5, 5.41) is 11.9. The summed E-state index contributed by atoms with van der Waals surface area (Å²) in [7, 11) is 0. The summed E-state index contributed by atoms with van der Waals surface area (Å²) in [6.45, 7) is 3.77. The molecule has 0 aromatic heterocycles. The molecule has 0 saturated heterocycles. The average Bonchev–Trinajstić information content (AvgIpc) is 2.27. The topological polar surface area (TPSA) is 92.4 Å². The molecule has 5 heteroatoms. The first-order valence-corrected chi connectivity index (χ1v) is 6.66. The number of amides is 1. The van der Waals surface area contributed by atoms with Crippen molar-refractivity contribution >= 4 is 11.9 Å². The minimum atomic E-state index is -0.865. The maximum atomic E-state index is 12.0. The Balaban J connectivity index is 2.72. The van der Waals surface area contributed by atoms with E-state index in [2.05, 4.69) is 5.32 Å². The van der Waals surface area contributed by atoms with Gasteiger partial charge in [0, 0.05) is 0 Å². The first-order chi connectivity index (χ1) is 8.36. The third-order valence-electron chi connectivity index (χ3n) is 3.71. The molecule has 1 aliphatic rings. The molecule has 1 amide bonds. The Hall–Kier alpha value is -1.10. The summed E-state index contributed by atoms with van der Waals surface area (Å²) in [5.41, 5.74) is 5.22. The molecule has 0 aromatic carbocycles. The van der Waals surface area contributed by atoms with E-state index in [1.165, 1.54) is 0 Å². The number of hydrogen-bond acceptors (Lipinski definition) is 3. The van der Waals surface area contributed by atoms with E-state index >= 15 is 0 Å². The van der Waals surface area contributed by atoms with E-state index in [1.807, 2.05) is 13.8 Å². The van der Waals surface area contributed by atoms with Gasteiger partial charge in [0.2, 0.25) is 5.91 Å². The first-order valence-electron chi connectivity index (χ1n) is 6.66. The molecular weight excluding hydrogens is 232 g/mol. The largest absolute Gasteiger partial charge is 0.481 e. The van der Waals surface area contributed by atoms with Crippen LogP contribution in [-0.4, -0.2) is 28.6 Å². The summed E-state index contributed by atoms with van der Waals surface area (Å²) >= 11 is 0. The third-order valence-corrected chi connectivity index (χ3v) is 3.71. The Morgan fingerprint density at radius 1 is 1.28 bits per heavy atom. The second-order valence-corrected chi connectivity index (χ2v) is 5.67. The molecular formula is C13H24N2O3. The lowest BCUT2D eigenvalue weighted by Crippen LogP contribution is -2.56.